The van der Waals surface area contributed by atoms with E-state index in [4.69, 9.17) is 23.2 Å². The molecule has 0 saturated heterocycles. The lowest BCUT2D eigenvalue weighted by molar-refractivity contribution is -0.115. The molecule has 0 aromatic heterocycles. The van der Waals surface area contributed by atoms with Crippen molar-refractivity contribution in [2.45, 2.75) is 20.3 Å². The summed E-state index contributed by atoms with van der Waals surface area (Å²) in [5.41, 5.74) is 3.71. The normalized spacial score (nSPS) is 10.5. The van der Waals surface area contributed by atoms with Crippen LogP contribution in [0.4, 0.5) is 5.69 Å². The van der Waals surface area contributed by atoms with Gasteiger partial charge in [-0.25, -0.2) is 0 Å². The first-order chi connectivity index (χ1) is 9.86. The maximum atomic E-state index is 12.2. The van der Waals surface area contributed by atoms with Crippen molar-refractivity contribution in [3.05, 3.63) is 61.5 Å². The Morgan fingerprint density at radius 3 is 2.29 bits per heavy atom. The van der Waals surface area contributed by atoms with Crippen molar-refractivity contribution in [2.75, 3.05) is 5.32 Å². The zero-order valence-electron chi connectivity index (χ0n) is 11.6. The van der Waals surface area contributed by atoms with Crippen LogP contribution in [0.1, 0.15) is 16.7 Å². The van der Waals surface area contributed by atoms with Gasteiger partial charge in [0.05, 0.1) is 16.5 Å². The van der Waals surface area contributed by atoms with E-state index in [1.54, 1.807) is 18.2 Å². The van der Waals surface area contributed by atoms with E-state index < -0.39 is 0 Å². The van der Waals surface area contributed by atoms with Gasteiger partial charge in [0.1, 0.15) is 0 Å². The molecular formula is C16H14BrCl2NO. The second-order valence-electron chi connectivity index (χ2n) is 4.89. The maximum absolute atomic E-state index is 12.2. The van der Waals surface area contributed by atoms with Gasteiger partial charge in [0, 0.05) is 10.2 Å². The molecule has 2 rings (SSSR count). The summed E-state index contributed by atoms with van der Waals surface area (Å²) in [5, 5.41) is 3.90. The SMILES string of the molecule is Cc1cc(Br)cc(C)c1NC(=O)Cc1ccc(Cl)c(Cl)c1. The smallest absolute Gasteiger partial charge is 0.228 e. The van der Waals surface area contributed by atoms with E-state index in [0.717, 1.165) is 26.9 Å². The summed E-state index contributed by atoms with van der Waals surface area (Å²) >= 11 is 15.3. The molecule has 0 spiro atoms. The minimum Gasteiger partial charge on any atom is -0.325 e. The van der Waals surface area contributed by atoms with E-state index in [0.29, 0.717) is 10.0 Å². The fourth-order valence-corrected chi connectivity index (χ4v) is 3.13. The zero-order valence-corrected chi connectivity index (χ0v) is 14.7. The van der Waals surface area contributed by atoms with Crippen molar-refractivity contribution in [3.63, 3.8) is 0 Å². The third-order valence-corrected chi connectivity index (χ3v) is 4.31. The third kappa shape index (κ3) is 4.22. The molecule has 0 unspecified atom stereocenters. The average Bonchev–Trinajstić information content (AvgIpc) is 2.38. The van der Waals surface area contributed by atoms with Crippen molar-refractivity contribution in [1.82, 2.24) is 0 Å². The molecule has 0 fully saturated rings. The Balaban J connectivity index is 2.13. The Labute approximate surface area is 142 Å². The number of hydrogen-bond acceptors (Lipinski definition) is 1. The summed E-state index contributed by atoms with van der Waals surface area (Å²) in [6.07, 6.45) is 0.256. The first kappa shape index (κ1) is 16.3. The number of halogens is 3. The van der Waals surface area contributed by atoms with Crippen LogP contribution >= 0.6 is 39.1 Å². The molecule has 0 aliphatic heterocycles. The topological polar surface area (TPSA) is 29.1 Å². The molecule has 0 radical (unpaired) electrons. The largest absolute Gasteiger partial charge is 0.325 e. The maximum Gasteiger partial charge on any atom is 0.228 e. The molecule has 2 nitrogen and oxygen atoms in total. The summed E-state index contributed by atoms with van der Waals surface area (Å²) in [7, 11) is 0. The predicted molar refractivity (Wildman–Crippen MR) is 92.4 cm³/mol. The molecule has 0 atom stereocenters. The Morgan fingerprint density at radius 2 is 1.71 bits per heavy atom. The number of aryl methyl sites for hydroxylation is 2. The zero-order chi connectivity index (χ0) is 15.6. The second-order valence-corrected chi connectivity index (χ2v) is 6.62. The molecular weight excluding hydrogens is 373 g/mol. The van der Waals surface area contributed by atoms with E-state index in [1.165, 1.54) is 0 Å². The second kappa shape index (κ2) is 6.82. The fourth-order valence-electron chi connectivity index (χ4n) is 2.13. The van der Waals surface area contributed by atoms with Gasteiger partial charge in [-0.2, -0.15) is 0 Å². The molecule has 1 amide bonds. The molecule has 2 aromatic carbocycles. The van der Waals surface area contributed by atoms with E-state index >= 15 is 0 Å². The van der Waals surface area contributed by atoms with Gasteiger partial charge < -0.3 is 5.32 Å². The van der Waals surface area contributed by atoms with Crippen molar-refractivity contribution < 1.29 is 4.79 Å². The molecule has 0 aliphatic carbocycles. The number of rotatable bonds is 3. The lowest BCUT2D eigenvalue weighted by Crippen LogP contribution is -2.16. The molecule has 2 aromatic rings. The van der Waals surface area contributed by atoms with Crippen molar-refractivity contribution >= 4 is 50.7 Å². The van der Waals surface area contributed by atoms with Crippen molar-refractivity contribution in [1.29, 1.82) is 0 Å². The number of hydrogen-bond donors (Lipinski definition) is 1. The molecule has 5 heteroatoms. The number of carbonyl (C=O) groups excluding carboxylic acids is 1. The van der Waals surface area contributed by atoms with E-state index in [9.17, 15) is 4.79 Å². The van der Waals surface area contributed by atoms with Crippen LogP contribution in [0.2, 0.25) is 10.0 Å². The standard InChI is InChI=1S/C16H14BrCl2NO/c1-9-5-12(17)6-10(2)16(9)20-15(21)8-11-3-4-13(18)14(19)7-11/h3-7H,8H2,1-2H3,(H,20,21). The minimum atomic E-state index is -0.0816. The molecule has 0 saturated carbocycles. The number of carbonyl (C=O) groups is 1. The van der Waals surface area contributed by atoms with E-state index in [2.05, 4.69) is 21.2 Å². The molecule has 0 heterocycles. The summed E-state index contributed by atoms with van der Waals surface area (Å²) in [6.45, 7) is 3.93. The molecule has 21 heavy (non-hydrogen) atoms. The number of amides is 1. The Bertz CT molecular complexity index is 678. The third-order valence-electron chi connectivity index (χ3n) is 3.11. The molecule has 1 N–H and O–H groups in total. The van der Waals surface area contributed by atoms with Gasteiger partial charge >= 0.3 is 0 Å². The summed E-state index contributed by atoms with van der Waals surface area (Å²) in [4.78, 5) is 12.2. The lowest BCUT2D eigenvalue weighted by Gasteiger charge is -2.12. The minimum absolute atomic E-state index is 0.0816. The Kier molecular flexibility index (Phi) is 5.31. The van der Waals surface area contributed by atoms with Gasteiger partial charge in [-0.05, 0) is 54.8 Å². The monoisotopic (exact) mass is 385 g/mol. The summed E-state index contributed by atoms with van der Waals surface area (Å²) in [5.74, 6) is -0.0816. The highest BCUT2D eigenvalue weighted by Crippen LogP contribution is 2.26. The van der Waals surface area contributed by atoms with Crippen LogP contribution in [-0.4, -0.2) is 5.91 Å². The fraction of sp³-hybridized carbons (Fsp3) is 0.188. The van der Waals surface area contributed by atoms with Crippen LogP contribution in [0.15, 0.2) is 34.8 Å². The van der Waals surface area contributed by atoms with Gasteiger partial charge in [0.15, 0.2) is 0 Å². The van der Waals surface area contributed by atoms with Gasteiger partial charge in [0.25, 0.3) is 0 Å². The number of anilines is 1. The molecule has 0 aliphatic rings. The van der Waals surface area contributed by atoms with Crippen LogP contribution in [0.3, 0.4) is 0 Å². The van der Waals surface area contributed by atoms with E-state index in [-0.39, 0.29) is 12.3 Å². The highest BCUT2D eigenvalue weighted by atomic mass is 79.9. The quantitative estimate of drug-likeness (QED) is 0.735. The summed E-state index contributed by atoms with van der Waals surface area (Å²) in [6, 6.07) is 9.16. The number of nitrogens with one attached hydrogen (secondary N) is 1. The highest BCUT2D eigenvalue weighted by Gasteiger charge is 2.10. The van der Waals surface area contributed by atoms with Gasteiger partial charge in [-0.1, -0.05) is 45.2 Å². The highest BCUT2D eigenvalue weighted by molar-refractivity contribution is 9.10. The Morgan fingerprint density at radius 1 is 1.10 bits per heavy atom. The summed E-state index contributed by atoms with van der Waals surface area (Å²) < 4.78 is 1.000. The lowest BCUT2D eigenvalue weighted by atomic mass is 10.1. The van der Waals surface area contributed by atoms with Crippen LogP contribution < -0.4 is 5.32 Å². The Hall–Kier alpha value is -1.03. The van der Waals surface area contributed by atoms with Gasteiger partial charge in [-0.3, -0.25) is 4.79 Å². The predicted octanol–water partition coefficient (Wildman–Crippen LogP) is 5.55. The van der Waals surface area contributed by atoms with Crippen molar-refractivity contribution in [2.24, 2.45) is 0 Å². The first-order valence-corrected chi connectivity index (χ1v) is 7.92. The van der Waals surface area contributed by atoms with Gasteiger partial charge in [0.2, 0.25) is 5.91 Å². The van der Waals surface area contributed by atoms with Crippen molar-refractivity contribution in [3.8, 4) is 0 Å². The number of benzene rings is 2. The first-order valence-electron chi connectivity index (χ1n) is 6.37. The van der Waals surface area contributed by atoms with Crippen LogP contribution in [0, 0.1) is 13.8 Å². The van der Waals surface area contributed by atoms with Crippen LogP contribution in [-0.2, 0) is 11.2 Å². The average molecular weight is 387 g/mol. The van der Waals surface area contributed by atoms with E-state index in [1.807, 2.05) is 26.0 Å². The van der Waals surface area contributed by atoms with Gasteiger partial charge in [-0.15, -0.1) is 0 Å². The molecule has 110 valence electrons. The molecule has 0 bridgehead atoms. The van der Waals surface area contributed by atoms with Crippen LogP contribution in [0.5, 0.6) is 0 Å². The van der Waals surface area contributed by atoms with Crippen LogP contribution in [0.25, 0.3) is 0 Å².